The maximum absolute atomic E-state index is 5.62. The Morgan fingerprint density at radius 3 is 1.38 bits per heavy atom. The molecule has 0 spiro atoms. The van der Waals surface area contributed by atoms with Crippen molar-refractivity contribution in [1.82, 2.24) is 0 Å². The lowest BCUT2D eigenvalue weighted by atomic mass is 10.0. The van der Waals surface area contributed by atoms with E-state index >= 15 is 0 Å². The zero-order valence-electron chi connectivity index (χ0n) is 20.4. The van der Waals surface area contributed by atoms with Crippen molar-refractivity contribution in [2.75, 3.05) is 66.1 Å². The molecule has 0 amide bonds. The molecule has 1 aromatic carbocycles. The molecule has 6 nitrogen and oxygen atoms in total. The van der Waals surface area contributed by atoms with Crippen LogP contribution in [-0.2, 0) is 28.4 Å². The van der Waals surface area contributed by atoms with Crippen molar-refractivity contribution >= 4 is 11.1 Å². The number of allylic oxidation sites excluding steroid dienone is 2. The molecule has 1 rings (SSSR count). The van der Waals surface area contributed by atoms with Crippen LogP contribution in [0.25, 0.3) is 11.1 Å². The third-order valence-electron chi connectivity index (χ3n) is 4.43. The zero-order chi connectivity index (χ0) is 23.3. The van der Waals surface area contributed by atoms with Gasteiger partial charge in [-0.1, -0.05) is 32.0 Å². The van der Waals surface area contributed by atoms with Crippen molar-refractivity contribution in [2.45, 2.75) is 40.5 Å². The van der Waals surface area contributed by atoms with Crippen molar-refractivity contribution in [1.29, 1.82) is 0 Å². The summed E-state index contributed by atoms with van der Waals surface area (Å²) >= 11 is 0. The highest BCUT2D eigenvalue weighted by molar-refractivity contribution is 5.70. The molecule has 0 bridgehead atoms. The lowest BCUT2D eigenvalue weighted by molar-refractivity contribution is 0.0309. The summed E-state index contributed by atoms with van der Waals surface area (Å²) in [5, 5.41) is 0. The largest absolute Gasteiger partial charge is 0.498 e. The van der Waals surface area contributed by atoms with E-state index in [2.05, 4.69) is 32.0 Å². The van der Waals surface area contributed by atoms with Crippen LogP contribution in [0.1, 0.15) is 51.7 Å². The van der Waals surface area contributed by atoms with Gasteiger partial charge in [-0.15, -0.1) is 0 Å². The predicted molar refractivity (Wildman–Crippen MR) is 130 cm³/mol. The number of hydrogen-bond donors (Lipinski definition) is 0. The normalized spacial score (nSPS) is 12.2. The summed E-state index contributed by atoms with van der Waals surface area (Å²) in [5.41, 5.74) is 4.34. The Hall–Kier alpha value is -1.86. The van der Waals surface area contributed by atoms with Crippen molar-refractivity contribution in [2.24, 2.45) is 0 Å². The van der Waals surface area contributed by atoms with Gasteiger partial charge >= 0.3 is 0 Å². The van der Waals surface area contributed by atoms with E-state index in [4.69, 9.17) is 28.4 Å². The van der Waals surface area contributed by atoms with Gasteiger partial charge in [-0.05, 0) is 55.0 Å². The van der Waals surface area contributed by atoms with E-state index in [0.29, 0.717) is 52.9 Å². The second kappa shape index (κ2) is 19.8. The fraction of sp³-hybridized carbons (Fsp3) is 0.615. The Kier molecular flexibility index (Phi) is 17.4. The summed E-state index contributed by atoms with van der Waals surface area (Å²) < 4.78 is 33.0. The highest BCUT2D eigenvalue weighted by Gasteiger charge is 2.01. The Morgan fingerprint density at radius 1 is 0.594 bits per heavy atom. The highest BCUT2D eigenvalue weighted by atomic mass is 16.5. The Labute approximate surface area is 194 Å². The first-order valence-electron chi connectivity index (χ1n) is 11.7. The predicted octanol–water partition coefficient (Wildman–Crippen LogP) is 5.33. The van der Waals surface area contributed by atoms with Gasteiger partial charge < -0.3 is 28.4 Å². The summed E-state index contributed by atoms with van der Waals surface area (Å²) in [4.78, 5) is 0. The van der Waals surface area contributed by atoms with Crippen LogP contribution in [0.3, 0.4) is 0 Å². The molecule has 0 fully saturated rings. The van der Waals surface area contributed by atoms with Gasteiger partial charge in [0.25, 0.3) is 0 Å². The van der Waals surface area contributed by atoms with Crippen molar-refractivity contribution in [3.8, 4) is 0 Å². The molecular formula is C26H42O6. The number of rotatable bonds is 20. The minimum absolute atomic E-state index is 0.518. The van der Waals surface area contributed by atoms with Crippen LogP contribution in [-0.4, -0.2) is 66.1 Å². The molecule has 0 aromatic heterocycles. The summed E-state index contributed by atoms with van der Waals surface area (Å²) in [6, 6.07) is 8.32. The minimum atomic E-state index is 0.518. The van der Waals surface area contributed by atoms with Crippen molar-refractivity contribution in [3.63, 3.8) is 0 Å². The Morgan fingerprint density at radius 2 is 0.969 bits per heavy atom. The van der Waals surface area contributed by atoms with Crippen molar-refractivity contribution in [3.05, 3.63) is 47.9 Å². The fourth-order valence-corrected chi connectivity index (χ4v) is 2.66. The van der Waals surface area contributed by atoms with E-state index in [-0.39, 0.29) is 0 Å². The van der Waals surface area contributed by atoms with Gasteiger partial charge in [-0.3, -0.25) is 0 Å². The molecule has 32 heavy (non-hydrogen) atoms. The summed E-state index contributed by atoms with van der Waals surface area (Å²) in [6.07, 6.45) is 5.63. The van der Waals surface area contributed by atoms with Crippen LogP contribution in [0, 0.1) is 0 Å². The molecule has 0 N–H and O–H groups in total. The smallest absolute Gasteiger partial charge is 0.111 e. The van der Waals surface area contributed by atoms with Gasteiger partial charge in [0, 0.05) is 13.2 Å². The van der Waals surface area contributed by atoms with Gasteiger partial charge in [-0.2, -0.15) is 0 Å². The maximum atomic E-state index is 5.62. The molecule has 0 aliphatic rings. The quantitative estimate of drug-likeness (QED) is 0.198. The average molecular weight is 451 g/mol. The van der Waals surface area contributed by atoms with E-state index in [1.165, 1.54) is 0 Å². The monoisotopic (exact) mass is 450 g/mol. The van der Waals surface area contributed by atoms with Crippen LogP contribution in [0.2, 0.25) is 0 Å². The van der Waals surface area contributed by atoms with Crippen molar-refractivity contribution < 1.29 is 28.4 Å². The highest BCUT2D eigenvalue weighted by Crippen LogP contribution is 2.20. The van der Waals surface area contributed by atoms with E-state index in [9.17, 15) is 0 Å². The molecule has 0 heterocycles. The molecule has 0 atom stereocenters. The first kappa shape index (κ1) is 28.2. The van der Waals surface area contributed by atoms with E-state index in [1.54, 1.807) is 12.5 Å². The molecule has 0 aliphatic heterocycles. The summed E-state index contributed by atoms with van der Waals surface area (Å²) in [6.45, 7) is 14.4. The standard InChI is InChI=1S/C26H42O6/c1-5-10-27-12-14-29-16-18-31-21-23(3)25-8-7-9-26(20-25)24(4)22-32-19-17-30-15-13-28-11-6-2/h7-9,20-22H,5-6,10-19H2,1-4H3/b23-21-,24-22?. The van der Waals surface area contributed by atoms with Gasteiger partial charge in [0.1, 0.15) is 13.2 Å². The average Bonchev–Trinajstić information content (AvgIpc) is 2.81. The Bertz CT molecular complexity index is 590. The first-order valence-corrected chi connectivity index (χ1v) is 11.7. The van der Waals surface area contributed by atoms with Crippen LogP contribution < -0.4 is 0 Å². The number of hydrogen-bond acceptors (Lipinski definition) is 6. The summed E-state index contributed by atoms with van der Waals surface area (Å²) in [7, 11) is 0. The van der Waals surface area contributed by atoms with Gasteiger partial charge in [0.15, 0.2) is 0 Å². The minimum Gasteiger partial charge on any atom is -0.498 e. The molecule has 0 saturated heterocycles. The van der Waals surface area contributed by atoms with Crippen LogP contribution in [0.4, 0.5) is 0 Å². The third-order valence-corrected chi connectivity index (χ3v) is 4.43. The van der Waals surface area contributed by atoms with Crippen LogP contribution in [0.15, 0.2) is 36.8 Å². The second-order valence-electron chi connectivity index (χ2n) is 7.37. The van der Waals surface area contributed by atoms with E-state index in [1.807, 2.05) is 19.9 Å². The zero-order valence-corrected chi connectivity index (χ0v) is 20.4. The SMILES string of the molecule is CCCOCCOCCOC=C(C)c1cccc(/C(C)=C\OCCOCCOCCC)c1. The molecule has 0 saturated carbocycles. The molecule has 0 aliphatic carbocycles. The molecule has 6 heteroatoms. The van der Waals surface area contributed by atoms with Gasteiger partial charge in [0.2, 0.25) is 0 Å². The topological polar surface area (TPSA) is 55.4 Å². The maximum Gasteiger partial charge on any atom is 0.111 e. The van der Waals surface area contributed by atoms with E-state index < -0.39 is 0 Å². The molecular weight excluding hydrogens is 408 g/mol. The van der Waals surface area contributed by atoms with Gasteiger partial charge in [0.05, 0.1) is 52.2 Å². The lowest BCUT2D eigenvalue weighted by Gasteiger charge is -2.09. The second-order valence-corrected chi connectivity index (χ2v) is 7.37. The molecule has 0 unspecified atom stereocenters. The molecule has 1 aromatic rings. The fourth-order valence-electron chi connectivity index (χ4n) is 2.66. The number of ether oxygens (including phenoxy) is 6. The lowest BCUT2D eigenvalue weighted by Crippen LogP contribution is -2.08. The number of benzene rings is 1. The van der Waals surface area contributed by atoms with Crippen LogP contribution >= 0.6 is 0 Å². The summed E-state index contributed by atoms with van der Waals surface area (Å²) in [5.74, 6) is 0. The third kappa shape index (κ3) is 14.2. The molecule has 0 radical (unpaired) electrons. The van der Waals surface area contributed by atoms with Gasteiger partial charge in [-0.25, -0.2) is 0 Å². The molecule has 182 valence electrons. The van der Waals surface area contributed by atoms with E-state index in [0.717, 1.165) is 48.3 Å². The first-order chi connectivity index (χ1) is 15.7. The van der Waals surface area contributed by atoms with Crippen LogP contribution in [0.5, 0.6) is 0 Å². The Balaban J connectivity index is 2.29.